The Morgan fingerprint density at radius 2 is 2.15 bits per heavy atom. The third-order valence-corrected chi connectivity index (χ3v) is 4.05. The van der Waals surface area contributed by atoms with Crippen molar-refractivity contribution in [2.45, 2.75) is 39.2 Å². The van der Waals surface area contributed by atoms with Crippen LogP contribution < -0.4 is 10.1 Å². The van der Waals surface area contributed by atoms with Crippen LogP contribution in [0.3, 0.4) is 0 Å². The molecule has 1 fully saturated rings. The lowest BCUT2D eigenvalue weighted by Gasteiger charge is -2.26. The Kier molecular flexibility index (Phi) is 6.34. The zero-order valence-corrected chi connectivity index (χ0v) is 12.9. The molecule has 0 bridgehead atoms. The molecule has 1 saturated heterocycles. The molecule has 2 rings (SSSR count). The number of nitrogens with one attached hydrogen (secondary N) is 1. The molecule has 0 spiro atoms. The van der Waals surface area contributed by atoms with Crippen LogP contribution >= 0.6 is 0 Å². The highest BCUT2D eigenvalue weighted by Crippen LogP contribution is 2.16. The molecule has 3 heteroatoms. The van der Waals surface area contributed by atoms with Crippen molar-refractivity contribution < 1.29 is 4.74 Å². The quantitative estimate of drug-likeness (QED) is 0.809. The van der Waals surface area contributed by atoms with Gasteiger partial charge in [-0.15, -0.1) is 0 Å². The Morgan fingerprint density at radius 3 is 3.00 bits per heavy atom. The van der Waals surface area contributed by atoms with Crippen LogP contribution in [0.15, 0.2) is 24.3 Å². The molecule has 0 saturated carbocycles. The molecule has 1 unspecified atom stereocenters. The van der Waals surface area contributed by atoms with E-state index in [1.165, 1.54) is 31.5 Å². The average Bonchev–Trinajstić information content (AvgIpc) is 2.65. The number of rotatable bonds is 6. The van der Waals surface area contributed by atoms with Crippen LogP contribution in [-0.2, 0) is 0 Å². The second kappa shape index (κ2) is 8.28. The summed E-state index contributed by atoms with van der Waals surface area (Å²) in [6, 6.07) is 8.90. The number of unbranched alkanes of at least 4 members (excludes halogenated alkanes) is 1. The molecule has 0 radical (unpaired) electrons. The third kappa shape index (κ3) is 4.80. The number of nitrogens with zero attached hydrogens (tertiary/aromatic N) is 1. The maximum atomic E-state index is 5.85. The van der Waals surface area contributed by atoms with Crippen LogP contribution in [0.1, 0.15) is 31.7 Å². The van der Waals surface area contributed by atoms with Gasteiger partial charge in [-0.2, -0.15) is 0 Å². The Bertz CT molecular complexity index is 394. The Balaban J connectivity index is 1.62. The first-order valence-corrected chi connectivity index (χ1v) is 7.90. The fourth-order valence-corrected chi connectivity index (χ4v) is 2.72. The first-order valence-electron chi connectivity index (χ1n) is 7.90. The number of para-hydroxylation sites is 1. The van der Waals surface area contributed by atoms with Crippen molar-refractivity contribution in [2.75, 3.05) is 32.8 Å². The van der Waals surface area contributed by atoms with Gasteiger partial charge >= 0.3 is 0 Å². The summed E-state index contributed by atoms with van der Waals surface area (Å²) in [4.78, 5) is 2.60. The molecule has 1 aliphatic heterocycles. The predicted octanol–water partition coefficient (Wildman–Crippen LogP) is 2.84. The number of hydrogen-bond acceptors (Lipinski definition) is 3. The SMILES string of the molecule is Cc1ccccc1OCCCCN1CCCNCC1C. The highest BCUT2D eigenvalue weighted by molar-refractivity contribution is 5.31. The van der Waals surface area contributed by atoms with Gasteiger partial charge in [0.25, 0.3) is 0 Å². The monoisotopic (exact) mass is 276 g/mol. The van der Waals surface area contributed by atoms with E-state index >= 15 is 0 Å². The van der Waals surface area contributed by atoms with Crippen LogP contribution in [0.25, 0.3) is 0 Å². The first-order chi connectivity index (χ1) is 9.77. The summed E-state index contributed by atoms with van der Waals surface area (Å²) >= 11 is 0. The molecule has 0 amide bonds. The molecule has 1 aromatic carbocycles. The second-order valence-electron chi connectivity index (χ2n) is 5.76. The van der Waals surface area contributed by atoms with Gasteiger partial charge in [0, 0.05) is 12.6 Å². The molecule has 112 valence electrons. The standard InChI is InChI=1S/C17H28N2O/c1-15-8-3-4-9-17(15)20-13-6-5-11-19-12-7-10-18-14-16(19)2/h3-4,8-9,16,18H,5-7,10-14H2,1-2H3. The summed E-state index contributed by atoms with van der Waals surface area (Å²) in [7, 11) is 0. The molecule has 0 aromatic heterocycles. The molecular weight excluding hydrogens is 248 g/mol. The van der Waals surface area contributed by atoms with Crippen molar-refractivity contribution in [3.63, 3.8) is 0 Å². The van der Waals surface area contributed by atoms with E-state index in [-0.39, 0.29) is 0 Å². The zero-order valence-electron chi connectivity index (χ0n) is 12.9. The van der Waals surface area contributed by atoms with Gasteiger partial charge in [0.2, 0.25) is 0 Å². The maximum absolute atomic E-state index is 5.85. The van der Waals surface area contributed by atoms with Crippen molar-refractivity contribution in [3.05, 3.63) is 29.8 Å². The summed E-state index contributed by atoms with van der Waals surface area (Å²) < 4.78 is 5.85. The summed E-state index contributed by atoms with van der Waals surface area (Å²) in [5.41, 5.74) is 1.22. The molecule has 1 N–H and O–H groups in total. The maximum Gasteiger partial charge on any atom is 0.122 e. The molecule has 1 aromatic rings. The van der Waals surface area contributed by atoms with E-state index in [0.29, 0.717) is 6.04 Å². The lowest BCUT2D eigenvalue weighted by Crippen LogP contribution is -2.38. The van der Waals surface area contributed by atoms with Gasteiger partial charge < -0.3 is 10.1 Å². The minimum atomic E-state index is 0.662. The van der Waals surface area contributed by atoms with Crippen molar-refractivity contribution in [2.24, 2.45) is 0 Å². The fraction of sp³-hybridized carbons (Fsp3) is 0.647. The molecule has 0 aliphatic carbocycles. The normalized spacial score (nSPS) is 20.6. The van der Waals surface area contributed by atoms with Crippen molar-refractivity contribution in [1.82, 2.24) is 10.2 Å². The fourth-order valence-electron chi connectivity index (χ4n) is 2.72. The predicted molar refractivity (Wildman–Crippen MR) is 84.4 cm³/mol. The van der Waals surface area contributed by atoms with E-state index in [9.17, 15) is 0 Å². The van der Waals surface area contributed by atoms with Gasteiger partial charge in [-0.05, 0) is 64.4 Å². The number of hydrogen-bond donors (Lipinski definition) is 1. The average molecular weight is 276 g/mol. The van der Waals surface area contributed by atoms with Crippen molar-refractivity contribution in [3.8, 4) is 5.75 Å². The summed E-state index contributed by atoms with van der Waals surface area (Å²) in [5.74, 6) is 1.03. The van der Waals surface area contributed by atoms with Gasteiger partial charge in [-0.25, -0.2) is 0 Å². The Morgan fingerprint density at radius 1 is 1.30 bits per heavy atom. The van der Waals surface area contributed by atoms with Gasteiger partial charge in [-0.1, -0.05) is 18.2 Å². The molecular formula is C17H28N2O. The zero-order chi connectivity index (χ0) is 14.2. The van der Waals surface area contributed by atoms with Crippen LogP contribution in [-0.4, -0.2) is 43.7 Å². The first kappa shape index (κ1) is 15.3. The molecule has 1 atom stereocenters. The Labute approximate surface area is 123 Å². The topological polar surface area (TPSA) is 24.5 Å². The van der Waals surface area contributed by atoms with Crippen LogP contribution in [0, 0.1) is 6.92 Å². The van der Waals surface area contributed by atoms with E-state index in [0.717, 1.165) is 31.9 Å². The summed E-state index contributed by atoms with van der Waals surface area (Å²) in [5, 5.41) is 3.49. The smallest absolute Gasteiger partial charge is 0.122 e. The van der Waals surface area contributed by atoms with E-state index in [1.54, 1.807) is 0 Å². The summed E-state index contributed by atoms with van der Waals surface area (Å²) in [6.45, 7) is 9.96. The van der Waals surface area contributed by atoms with Gasteiger partial charge in [0.1, 0.15) is 5.75 Å². The van der Waals surface area contributed by atoms with Gasteiger partial charge in [0.15, 0.2) is 0 Å². The minimum absolute atomic E-state index is 0.662. The Hall–Kier alpha value is -1.06. The number of ether oxygens (including phenoxy) is 1. The largest absolute Gasteiger partial charge is 0.493 e. The molecule has 20 heavy (non-hydrogen) atoms. The number of benzene rings is 1. The minimum Gasteiger partial charge on any atom is -0.493 e. The van der Waals surface area contributed by atoms with Gasteiger partial charge in [-0.3, -0.25) is 4.90 Å². The van der Waals surface area contributed by atoms with E-state index in [2.05, 4.69) is 42.3 Å². The van der Waals surface area contributed by atoms with Crippen LogP contribution in [0.5, 0.6) is 5.75 Å². The highest BCUT2D eigenvalue weighted by atomic mass is 16.5. The lowest BCUT2D eigenvalue weighted by molar-refractivity contribution is 0.209. The van der Waals surface area contributed by atoms with E-state index in [1.807, 2.05) is 6.07 Å². The van der Waals surface area contributed by atoms with Crippen molar-refractivity contribution >= 4 is 0 Å². The van der Waals surface area contributed by atoms with Crippen LogP contribution in [0.2, 0.25) is 0 Å². The lowest BCUT2D eigenvalue weighted by atomic mass is 10.2. The van der Waals surface area contributed by atoms with Crippen molar-refractivity contribution in [1.29, 1.82) is 0 Å². The second-order valence-corrected chi connectivity index (χ2v) is 5.76. The molecule has 1 aliphatic rings. The summed E-state index contributed by atoms with van der Waals surface area (Å²) in [6.07, 6.45) is 3.62. The number of aryl methyl sites for hydroxylation is 1. The molecule has 1 heterocycles. The van der Waals surface area contributed by atoms with E-state index < -0.39 is 0 Å². The van der Waals surface area contributed by atoms with E-state index in [4.69, 9.17) is 4.74 Å². The molecule has 3 nitrogen and oxygen atoms in total. The highest BCUT2D eigenvalue weighted by Gasteiger charge is 2.15. The van der Waals surface area contributed by atoms with Gasteiger partial charge in [0.05, 0.1) is 6.61 Å². The third-order valence-electron chi connectivity index (χ3n) is 4.05. The van der Waals surface area contributed by atoms with Crippen LogP contribution in [0.4, 0.5) is 0 Å².